The number of carbonyl (C=O) groups is 2. The van der Waals surface area contributed by atoms with Gasteiger partial charge in [-0.25, -0.2) is 0 Å². The minimum Gasteiger partial charge on any atom is -0.353 e. The Balaban J connectivity index is 1.69. The molecule has 8 heteroatoms. The summed E-state index contributed by atoms with van der Waals surface area (Å²) in [6.07, 6.45) is 0.168. The molecule has 0 aromatic heterocycles. The van der Waals surface area contributed by atoms with Crippen molar-refractivity contribution in [1.82, 2.24) is 10.2 Å². The smallest absolute Gasteiger partial charge is 0.229 e. The molecular formula is C8H11N5O3. The first-order valence-electron chi connectivity index (χ1n) is 4.93. The van der Waals surface area contributed by atoms with Gasteiger partial charge >= 0.3 is 0 Å². The molecule has 2 rings (SSSR count). The first-order chi connectivity index (χ1) is 7.70. The first kappa shape index (κ1) is 10.7. The summed E-state index contributed by atoms with van der Waals surface area (Å²) in [5.74, 6) is -0.255. The van der Waals surface area contributed by atoms with Crippen molar-refractivity contribution in [3.05, 3.63) is 10.4 Å². The van der Waals surface area contributed by atoms with Gasteiger partial charge in [0.05, 0.1) is 19.1 Å². The lowest BCUT2D eigenvalue weighted by molar-refractivity contribution is -0.156. The first-order valence-corrected chi connectivity index (χ1v) is 4.93. The van der Waals surface area contributed by atoms with Crippen molar-refractivity contribution >= 4 is 11.8 Å². The van der Waals surface area contributed by atoms with Crippen LogP contribution >= 0.6 is 0 Å². The van der Waals surface area contributed by atoms with Gasteiger partial charge in [0.1, 0.15) is 12.8 Å². The van der Waals surface area contributed by atoms with Crippen LogP contribution in [0.3, 0.4) is 0 Å². The molecule has 8 nitrogen and oxygen atoms in total. The summed E-state index contributed by atoms with van der Waals surface area (Å²) in [6, 6.07) is 0. The predicted molar refractivity (Wildman–Crippen MR) is 52.0 cm³/mol. The minimum atomic E-state index is -0.345. The number of rotatable bonds is 4. The van der Waals surface area contributed by atoms with Gasteiger partial charge < -0.3 is 15.0 Å². The number of nitrogens with one attached hydrogen (secondary N) is 1. The zero-order valence-corrected chi connectivity index (χ0v) is 8.50. The van der Waals surface area contributed by atoms with E-state index >= 15 is 0 Å². The average Bonchev–Trinajstić information content (AvgIpc) is 2.60. The van der Waals surface area contributed by atoms with Gasteiger partial charge in [0.25, 0.3) is 0 Å². The van der Waals surface area contributed by atoms with E-state index in [0.29, 0.717) is 19.5 Å². The van der Waals surface area contributed by atoms with Crippen LogP contribution in [0.25, 0.3) is 10.4 Å². The molecule has 2 fully saturated rings. The van der Waals surface area contributed by atoms with Crippen LogP contribution < -0.4 is 5.32 Å². The molecule has 2 amide bonds. The quantitative estimate of drug-likeness (QED) is 0.298. The van der Waals surface area contributed by atoms with Gasteiger partial charge in [-0.15, -0.1) is 0 Å². The van der Waals surface area contributed by atoms with Crippen LogP contribution in [0.1, 0.15) is 6.42 Å². The van der Waals surface area contributed by atoms with Gasteiger partial charge in [0.2, 0.25) is 11.8 Å². The summed E-state index contributed by atoms with van der Waals surface area (Å²) in [6.45, 7) is 0.640. The van der Waals surface area contributed by atoms with E-state index < -0.39 is 0 Å². The molecule has 0 aromatic carbocycles. The van der Waals surface area contributed by atoms with Crippen molar-refractivity contribution in [3.63, 3.8) is 0 Å². The zero-order chi connectivity index (χ0) is 11.5. The lowest BCUT2D eigenvalue weighted by Crippen LogP contribution is -2.48. The van der Waals surface area contributed by atoms with Crippen molar-refractivity contribution in [3.8, 4) is 0 Å². The SMILES string of the molecule is [N-]=[N+]=NCC(=O)NCC1CN2C(=O)CC2O1. The van der Waals surface area contributed by atoms with Crippen LogP contribution in [0.5, 0.6) is 0 Å². The summed E-state index contributed by atoms with van der Waals surface area (Å²) in [5, 5.41) is 5.71. The largest absolute Gasteiger partial charge is 0.353 e. The molecule has 0 saturated carbocycles. The number of azide groups is 1. The maximum Gasteiger partial charge on any atom is 0.229 e. The van der Waals surface area contributed by atoms with E-state index in [1.54, 1.807) is 4.90 Å². The molecule has 1 N–H and O–H groups in total. The topological polar surface area (TPSA) is 107 Å². The summed E-state index contributed by atoms with van der Waals surface area (Å²) < 4.78 is 5.47. The summed E-state index contributed by atoms with van der Waals surface area (Å²) in [7, 11) is 0. The van der Waals surface area contributed by atoms with Crippen LogP contribution in [-0.2, 0) is 14.3 Å². The molecule has 0 aromatic rings. The van der Waals surface area contributed by atoms with E-state index in [1.807, 2.05) is 0 Å². The summed E-state index contributed by atoms with van der Waals surface area (Å²) in [5.41, 5.74) is 8.01. The number of fused-ring (bicyclic) bond motifs is 1. The fourth-order valence-corrected chi connectivity index (χ4v) is 1.74. The molecule has 0 aliphatic carbocycles. The number of β-lactam (4-membered cyclic amide) rings is 1. The third-order valence-corrected chi connectivity index (χ3v) is 2.57. The number of ether oxygens (including phenoxy) is 1. The molecule has 2 saturated heterocycles. The van der Waals surface area contributed by atoms with Gasteiger partial charge in [0, 0.05) is 11.5 Å². The number of hydrogen-bond donors (Lipinski definition) is 1. The van der Waals surface area contributed by atoms with Crippen molar-refractivity contribution < 1.29 is 14.3 Å². The number of hydrogen-bond acceptors (Lipinski definition) is 4. The Morgan fingerprint density at radius 2 is 2.56 bits per heavy atom. The van der Waals surface area contributed by atoms with E-state index in [2.05, 4.69) is 15.3 Å². The van der Waals surface area contributed by atoms with Gasteiger partial charge in [-0.1, -0.05) is 5.11 Å². The van der Waals surface area contributed by atoms with E-state index in [0.717, 1.165) is 0 Å². The Morgan fingerprint density at radius 3 is 3.19 bits per heavy atom. The molecule has 2 atom stereocenters. The summed E-state index contributed by atoms with van der Waals surface area (Å²) >= 11 is 0. The van der Waals surface area contributed by atoms with Crippen molar-refractivity contribution in [1.29, 1.82) is 0 Å². The van der Waals surface area contributed by atoms with Gasteiger partial charge in [-0.2, -0.15) is 0 Å². The highest BCUT2D eigenvalue weighted by molar-refractivity contribution is 5.83. The predicted octanol–water partition coefficient (Wildman–Crippen LogP) is -0.630. The second-order valence-corrected chi connectivity index (χ2v) is 3.66. The molecule has 86 valence electrons. The number of nitrogens with zero attached hydrogens (tertiary/aromatic N) is 4. The van der Waals surface area contributed by atoms with Crippen LogP contribution in [0.4, 0.5) is 0 Å². The molecule has 2 heterocycles. The molecule has 2 aliphatic rings. The minimum absolute atomic E-state index is 0.0907. The zero-order valence-electron chi connectivity index (χ0n) is 8.50. The molecular weight excluding hydrogens is 214 g/mol. The normalized spacial score (nSPS) is 26.8. The number of carbonyl (C=O) groups excluding carboxylic acids is 2. The maximum absolute atomic E-state index is 11.1. The highest BCUT2D eigenvalue weighted by atomic mass is 16.5. The van der Waals surface area contributed by atoms with Gasteiger partial charge in [0.15, 0.2) is 0 Å². The molecule has 2 aliphatic heterocycles. The van der Waals surface area contributed by atoms with E-state index in [4.69, 9.17) is 10.3 Å². The fraction of sp³-hybridized carbons (Fsp3) is 0.750. The van der Waals surface area contributed by atoms with E-state index in [9.17, 15) is 9.59 Å². The standard InChI is InChI=1S/C8H11N5O3/c9-12-11-3-6(14)10-2-5-4-13-7(15)1-8(13)16-5/h5,8H,1-4H2,(H,10,14). The average molecular weight is 225 g/mol. The van der Waals surface area contributed by atoms with Crippen LogP contribution in [-0.4, -0.2) is 48.7 Å². The highest BCUT2D eigenvalue weighted by Crippen LogP contribution is 2.28. The van der Waals surface area contributed by atoms with Crippen molar-refractivity contribution in [2.75, 3.05) is 19.6 Å². The van der Waals surface area contributed by atoms with Gasteiger partial charge in [-0.05, 0) is 5.53 Å². The van der Waals surface area contributed by atoms with Gasteiger partial charge in [-0.3, -0.25) is 9.59 Å². The fourth-order valence-electron chi connectivity index (χ4n) is 1.74. The van der Waals surface area contributed by atoms with Crippen molar-refractivity contribution in [2.24, 2.45) is 5.11 Å². The van der Waals surface area contributed by atoms with E-state index in [-0.39, 0.29) is 30.7 Å². The molecule has 0 radical (unpaired) electrons. The molecule has 2 unspecified atom stereocenters. The Labute approximate surface area is 91.2 Å². The molecule has 16 heavy (non-hydrogen) atoms. The Kier molecular flexibility index (Phi) is 2.93. The van der Waals surface area contributed by atoms with Crippen molar-refractivity contribution in [2.45, 2.75) is 18.8 Å². The lowest BCUT2D eigenvalue weighted by Gasteiger charge is -2.31. The third kappa shape index (κ3) is 2.07. The highest BCUT2D eigenvalue weighted by Gasteiger charge is 2.44. The monoisotopic (exact) mass is 225 g/mol. The van der Waals surface area contributed by atoms with E-state index in [1.165, 1.54) is 0 Å². The Hall–Kier alpha value is -1.79. The Bertz CT molecular complexity index is 365. The lowest BCUT2D eigenvalue weighted by atomic mass is 10.2. The molecule has 0 bridgehead atoms. The third-order valence-electron chi connectivity index (χ3n) is 2.57. The second kappa shape index (κ2) is 4.38. The second-order valence-electron chi connectivity index (χ2n) is 3.66. The summed E-state index contributed by atoms with van der Waals surface area (Å²) in [4.78, 5) is 26.3. The van der Waals surface area contributed by atoms with Crippen LogP contribution in [0.15, 0.2) is 5.11 Å². The van der Waals surface area contributed by atoms with Crippen LogP contribution in [0, 0.1) is 0 Å². The molecule has 0 spiro atoms. The number of amides is 2. The van der Waals surface area contributed by atoms with Crippen LogP contribution in [0.2, 0.25) is 0 Å². The Morgan fingerprint density at radius 1 is 1.75 bits per heavy atom. The maximum atomic E-state index is 11.1.